The Morgan fingerprint density at radius 3 is 2.35 bits per heavy atom. The van der Waals surface area contributed by atoms with Gasteiger partial charge in [-0.25, -0.2) is 17.5 Å². The van der Waals surface area contributed by atoms with Gasteiger partial charge in [0, 0.05) is 23.7 Å². The van der Waals surface area contributed by atoms with Gasteiger partial charge in [-0.1, -0.05) is 31.0 Å². The Bertz CT molecular complexity index is 876. The van der Waals surface area contributed by atoms with Crippen molar-refractivity contribution in [2.75, 3.05) is 0 Å². The predicted octanol–water partition coefficient (Wildman–Crippen LogP) is 2.98. The summed E-state index contributed by atoms with van der Waals surface area (Å²) in [5.74, 6) is -0.658. The van der Waals surface area contributed by atoms with E-state index in [2.05, 4.69) is 10.0 Å². The summed E-state index contributed by atoms with van der Waals surface area (Å²) >= 11 is 0. The second-order valence-corrected chi connectivity index (χ2v) is 8.16. The number of hydrogen-bond donors (Lipinski definition) is 2. The molecule has 1 aliphatic rings. The minimum Gasteiger partial charge on any atom is -0.349 e. The summed E-state index contributed by atoms with van der Waals surface area (Å²) in [5, 5.41) is 2.96. The summed E-state index contributed by atoms with van der Waals surface area (Å²) in [4.78, 5) is 12.2. The molecule has 5 nitrogen and oxygen atoms in total. The van der Waals surface area contributed by atoms with Crippen LogP contribution in [0.25, 0.3) is 0 Å². The molecular weight excluding hydrogens is 355 g/mol. The third-order valence-electron chi connectivity index (χ3n) is 4.53. The van der Waals surface area contributed by atoms with Gasteiger partial charge in [0.2, 0.25) is 10.0 Å². The lowest BCUT2D eigenvalue weighted by Crippen LogP contribution is -2.32. The van der Waals surface area contributed by atoms with Crippen molar-refractivity contribution in [2.24, 2.45) is 0 Å². The molecule has 1 amide bonds. The maximum absolute atomic E-state index is 13.6. The highest BCUT2D eigenvalue weighted by atomic mass is 32.2. The van der Waals surface area contributed by atoms with Crippen LogP contribution >= 0.6 is 0 Å². The molecule has 1 saturated carbocycles. The number of carbonyl (C=O) groups is 1. The Labute approximate surface area is 152 Å². The molecule has 138 valence electrons. The third kappa shape index (κ3) is 4.47. The van der Waals surface area contributed by atoms with Crippen molar-refractivity contribution >= 4 is 15.9 Å². The Kier molecular flexibility index (Phi) is 5.68. The molecule has 0 saturated heterocycles. The quantitative estimate of drug-likeness (QED) is 0.814. The second kappa shape index (κ2) is 7.97. The van der Waals surface area contributed by atoms with Crippen LogP contribution in [0.15, 0.2) is 53.4 Å². The van der Waals surface area contributed by atoms with Gasteiger partial charge in [-0.3, -0.25) is 4.79 Å². The van der Waals surface area contributed by atoms with Crippen LogP contribution in [0.1, 0.15) is 41.6 Å². The van der Waals surface area contributed by atoms with Crippen molar-refractivity contribution in [2.45, 2.75) is 43.2 Å². The lowest BCUT2D eigenvalue weighted by molar-refractivity contribution is 0.0938. The molecule has 0 spiro atoms. The molecule has 1 fully saturated rings. The Balaban J connectivity index is 1.64. The third-order valence-corrected chi connectivity index (χ3v) is 5.94. The first kappa shape index (κ1) is 18.5. The van der Waals surface area contributed by atoms with Gasteiger partial charge in [-0.05, 0) is 43.2 Å². The fraction of sp³-hybridized carbons (Fsp3) is 0.316. The molecule has 2 aromatic carbocycles. The summed E-state index contributed by atoms with van der Waals surface area (Å²) in [6.45, 7) is -0.140. The van der Waals surface area contributed by atoms with Gasteiger partial charge in [0.25, 0.3) is 5.91 Å². The largest absolute Gasteiger partial charge is 0.349 e. The molecule has 0 atom stereocenters. The molecular formula is C19H21FN2O3S. The molecule has 0 radical (unpaired) electrons. The molecule has 2 aromatic rings. The minimum absolute atomic E-state index is 0.0336. The predicted molar refractivity (Wildman–Crippen MR) is 96.6 cm³/mol. The SMILES string of the molecule is O=C(NC1CCCC1)c1ccc(S(=O)(=O)NCc2ccccc2F)cc1. The van der Waals surface area contributed by atoms with E-state index >= 15 is 0 Å². The van der Waals surface area contributed by atoms with Gasteiger partial charge in [-0.15, -0.1) is 0 Å². The summed E-state index contributed by atoms with van der Waals surface area (Å²) in [7, 11) is -3.79. The summed E-state index contributed by atoms with van der Waals surface area (Å²) in [6, 6.07) is 11.9. The second-order valence-electron chi connectivity index (χ2n) is 6.40. The average Bonchev–Trinajstić information content (AvgIpc) is 3.14. The van der Waals surface area contributed by atoms with E-state index in [1.807, 2.05) is 0 Å². The number of nitrogens with one attached hydrogen (secondary N) is 2. The van der Waals surface area contributed by atoms with Crippen molar-refractivity contribution in [3.8, 4) is 0 Å². The topological polar surface area (TPSA) is 75.3 Å². The highest BCUT2D eigenvalue weighted by Gasteiger charge is 2.19. The maximum atomic E-state index is 13.6. The van der Waals surface area contributed by atoms with E-state index in [-0.39, 0.29) is 29.0 Å². The van der Waals surface area contributed by atoms with Gasteiger partial charge in [0.05, 0.1) is 4.90 Å². The molecule has 0 heterocycles. The summed E-state index contributed by atoms with van der Waals surface area (Å²) in [5.41, 5.74) is 0.689. The van der Waals surface area contributed by atoms with Crippen LogP contribution in [0.3, 0.4) is 0 Å². The molecule has 2 N–H and O–H groups in total. The summed E-state index contributed by atoms with van der Waals surface area (Å²) in [6.07, 6.45) is 4.21. The zero-order chi connectivity index (χ0) is 18.6. The van der Waals surface area contributed by atoms with Crippen LogP contribution in [0, 0.1) is 5.82 Å². The minimum atomic E-state index is -3.79. The highest BCUT2D eigenvalue weighted by Crippen LogP contribution is 2.18. The van der Waals surface area contributed by atoms with Crippen LogP contribution in [-0.4, -0.2) is 20.4 Å². The fourth-order valence-corrected chi connectivity index (χ4v) is 4.03. The molecule has 26 heavy (non-hydrogen) atoms. The smallest absolute Gasteiger partial charge is 0.251 e. The number of amides is 1. The Morgan fingerprint density at radius 1 is 1.04 bits per heavy atom. The van der Waals surface area contributed by atoms with E-state index in [9.17, 15) is 17.6 Å². The molecule has 0 aliphatic heterocycles. The van der Waals surface area contributed by atoms with Crippen LogP contribution in [-0.2, 0) is 16.6 Å². The molecule has 7 heteroatoms. The van der Waals surface area contributed by atoms with Crippen LogP contribution in [0.2, 0.25) is 0 Å². The van der Waals surface area contributed by atoms with Gasteiger partial charge in [0.15, 0.2) is 0 Å². The van der Waals surface area contributed by atoms with E-state index in [0.29, 0.717) is 5.56 Å². The number of hydrogen-bond acceptors (Lipinski definition) is 3. The number of carbonyl (C=O) groups excluding carboxylic acids is 1. The fourth-order valence-electron chi connectivity index (χ4n) is 3.02. The lowest BCUT2D eigenvalue weighted by Gasteiger charge is -2.12. The van der Waals surface area contributed by atoms with E-state index < -0.39 is 15.8 Å². The monoisotopic (exact) mass is 376 g/mol. The normalized spacial score (nSPS) is 15.1. The highest BCUT2D eigenvalue weighted by molar-refractivity contribution is 7.89. The number of rotatable bonds is 6. The van der Waals surface area contributed by atoms with Crippen molar-refractivity contribution in [1.29, 1.82) is 0 Å². The van der Waals surface area contributed by atoms with Crippen LogP contribution in [0.5, 0.6) is 0 Å². The van der Waals surface area contributed by atoms with Crippen molar-refractivity contribution in [3.05, 3.63) is 65.5 Å². The molecule has 0 aromatic heterocycles. The van der Waals surface area contributed by atoms with E-state index in [1.165, 1.54) is 36.4 Å². The first-order valence-corrected chi connectivity index (χ1v) is 10.1. The van der Waals surface area contributed by atoms with E-state index in [1.54, 1.807) is 12.1 Å². The van der Waals surface area contributed by atoms with Gasteiger partial charge >= 0.3 is 0 Å². The van der Waals surface area contributed by atoms with Gasteiger partial charge in [-0.2, -0.15) is 0 Å². The van der Waals surface area contributed by atoms with Gasteiger partial charge < -0.3 is 5.32 Å². The first-order chi connectivity index (χ1) is 12.5. The van der Waals surface area contributed by atoms with Crippen LogP contribution < -0.4 is 10.0 Å². The average molecular weight is 376 g/mol. The number of benzene rings is 2. The number of sulfonamides is 1. The number of halogens is 1. The van der Waals surface area contributed by atoms with Crippen molar-refractivity contribution in [1.82, 2.24) is 10.0 Å². The van der Waals surface area contributed by atoms with E-state index in [0.717, 1.165) is 25.7 Å². The summed E-state index contributed by atoms with van der Waals surface area (Å²) < 4.78 is 40.7. The Hall–Kier alpha value is -2.25. The lowest BCUT2D eigenvalue weighted by atomic mass is 10.2. The zero-order valence-corrected chi connectivity index (χ0v) is 15.1. The van der Waals surface area contributed by atoms with Crippen molar-refractivity contribution < 1.29 is 17.6 Å². The molecule has 3 rings (SSSR count). The first-order valence-electron chi connectivity index (χ1n) is 8.60. The maximum Gasteiger partial charge on any atom is 0.251 e. The molecule has 0 bridgehead atoms. The van der Waals surface area contributed by atoms with E-state index in [4.69, 9.17) is 0 Å². The molecule has 1 aliphatic carbocycles. The van der Waals surface area contributed by atoms with Crippen LogP contribution in [0.4, 0.5) is 4.39 Å². The molecule has 0 unspecified atom stereocenters. The van der Waals surface area contributed by atoms with Gasteiger partial charge in [0.1, 0.15) is 5.82 Å². The standard InChI is InChI=1S/C19H21FN2O3S/c20-18-8-4-1-5-15(18)13-21-26(24,25)17-11-9-14(10-12-17)19(23)22-16-6-2-3-7-16/h1,4-5,8-12,16,21H,2-3,6-7,13H2,(H,22,23). The van der Waals surface area contributed by atoms with Crippen molar-refractivity contribution in [3.63, 3.8) is 0 Å². The zero-order valence-electron chi connectivity index (χ0n) is 14.2. The Morgan fingerprint density at radius 2 is 1.69 bits per heavy atom.